The Kier molecular flexibility index (Phi) is 4.87. The van der Waals surface area contributed by atoms with E-state index >= 15 is 0 Å². The lowest BCUT2D eigenvalue weighted by molar-refractivity contribution is 0.0600. The maximum atomic E-state index is 12.4. The fourth-order valence-electron chi connectivity index (χ4n) is 2.93. The van der Waals surface area contributed by atoms with Crippen LogP contribution in [0, 0.1) is 0 Å². The van der Waals surface area contributed by atoms with E-state index in [0.29, 0.717) is 17.8 Å². The predicted molar refractivity (Wildman–Crippen MR) is 93.8 cm³/mol. The summed E-state index contributed by atoms with van der Waals surface area (Å²) < 4.78 is 4.71. The minimum absolute atomic E-state index is 0.0564. The second kappa shape index (κ2) is 7.25. The lowest BCUT2D eigenvalue weighted by Gasteiger charge is -2.40. The highest BCUT2D eigenvalue weighted by Crippen LogP contribution is 2.21. The maximum Gasteiger partial charge on any atom is 0.337 e. The Balaban J connectivity index is 1.61. The molecule has 1 aromatic carbocycles. The summed E-state index contributed by atoms with van der Waals surface area (Å²) in [7, 11) is 1.37. The van der Waals surface area contributed by atoms with Crippen LogP contribution in [0.1, 0.15) is 17.3 Å². The van der Waals surface area contributed by atoms with E-state index in [1.807, 2.05) is 24.0 Å². The number of ether oxygens (including phenoxy) is 1. The van der Waals surface area contributed by atoms with Crippen LogP contribution in [0.5, 0.6) is 0 Å². The molecule has 0 radical (unpaired) electrons. The molecule has 1 atom stereocenters. The summed E-state index contributed by atoms with van der Waals surface area (Å²) in [4.78, 5) is 27.9. The van der Waals surface area contributed by atoms with Gasteiger partial charge >= 0.3 is 12.0 Å². The number of aromatic amines is 1. The second-order valence-corrected chi connectivity index (χ2v) is 5.94. The molecule has 25 heavy (non-hydrogen) atoms. The number of hydrogen-bond donors (Lipinski definition) is 2. The van der Waals surface area contributed by atoms with E-state index < -0.39 is 0 Å². The second-order valence-electron chi connectivity index (χ2n) is 5.94. The number of amides is 2. The minimum atomic E-state index is -0.347. The fraction of sp³-hybridized carbons (Fsp3) is 0.353. The number of aromatic nitrogens is 2. The summed E-state index contributed by atoms with van der Waals surface area (Å²) in [6.45, 7) is 4.07. The zero-order valence-corrected chi connectivity index (χ0v) is 14.2. The molecule has 2 N–H and O–H groups in total. The number of urea groups is 1. The van der Waals surface area contributed by atoms with Crippen molar-refractivity contribution < 1.29 is 14.3 Å². The first kappa shape index (κ1) is 16.8. The molecule has 132 valence electrons. The highest BCUT2D eigenvalue weighted by Gasteiger charge is 2.27. The van der Waals surface area contributed by atoms with Gasteiger partial charge in [0.25, 0.3) is 0 Å². The minimum Gasteiger partial charge on any atom is -0.465 e. The number of H-pyrrole nitrogens is 1. The number of carbonyl (C=O) groups excluding carboxylic acids is 2. The van der Waals surface area contributed by atoms with Crippen molar-refractivity contribution in [3.05, 3.63) is 42.2 Å². The van der Waals surface area contributed by atoms with Gasteiger partial charge in [-0.2, -0.15) is 5.10 Å². The molecule has 1 aliphatic heterocycles. The lowest BCUT2D eigenvalue weighted by atomic mass is 10.1. The normalized spacial score (nSPS) is 17.3. The Labute approximate surface area is 145 Å². The van der Waals surface area contributed by atoms with Gasteiger partial charge < -0.3 is 19.9 Å². The lowest BCUT2D eigenvalue weighted by Crippen LogP contribution is -2.55. The Morgan fingerprint density at radius 2 is 2.04 bits per heavy atom. The molecular formula is C17H21N5O3. The zero-order chi connectivity index (χ0) is 17.8. The van der Waals surface area contributed by atoms with Crippen molar-refractivity contribution in [1.29, 1.82) is 0 Å². The number of nitrogens with zero attached hydrogens (tertiary/aromatic N) is 3. The highest BCUT2D eigenvalue weighted by molar-refractivity contribution is 5.90. The summed E-state index contributed by atoms with van der Waals surface area (Å²) in [5.41, 5.74) is 2.20. The highest BCUT2D eigenvalue weighted by atomic mass is 16.5. The summed E-state index contributed by atoms with van der Waals surface area (Å²) >= 11 is 0. The number of benzene rings is 1. The summed E-state index contributed by atoms with van der Waals surface area (Å²) in [6.07, 6.45) is 3.21. The Morgan fingerprint density at radius 1 is 1.28 bits per heavy atom. The molecule has 0 aliphatic carbocycles. The Bertz CT molecular complexity index is 729. The van der Waals surface area contributed by atoms with Crippen LogP contribution >= 0.6 is 0 Å². The summed E-state index contributed by atoms with van der Waals surface area (Å²) in [5, 5.41) is 9.31. The molecule has 0 bridgehead atoms. The molecule has 1 aromatic heterocycles. The number of nitrogens with one attached hydrogen (secondary N) is 2. The molecule has 1 aliphatic rings. The topological polar surface area (TPSA) is 90.6 Å². The number of hydrogen-bond acceptors (Lipinski definition) is 5. The van der Waals surface area contributed by atoms with Gasteiger partial charge in [0, 0.05) is 37.6 Å². The molecule has 0 saturated carbocycles. The molecule has 2 aromatic rings. The third kappa shape index (κ3) is 3.73. The zero-order valence-electron chi connectivity index (χ0n) is 14.2. The standard InChI is InChI=1S/C17H21N5O3/c1-12-11-21(15-5-3-13(4-6-15)16(23)25-2)7-8-22(12)17(24)20-14-9-18-19-10-14/h3-6,9-10,12H,7-8,11H2,1-2H3,(H,18,19)(H,20,24). The molecule has 1 fully saturated rings. The van der Waals surface area contributed by atoms with Crippen LogP contribution in [0.25, 0.3) is 0 Å². The quantitative estimate of drug-likeness (QED) is 0.831. The van der Waals surface area contributed by atoms with Gasteiger partial charge in [-0.1, -0.05) is 0 Å². The van der Waals surface area contributed by atoms with Crippen LogP contribution in [0.15, 0.2) is 36.7 Å². The summed E-state index contributed by atoms with van der Waals surface area (Å²) in [5.74, 6) is -0.347. The van der Waals surface area contributed by atoms with Gasteiger partial charge in [0.2, 0.25) is 0 Å². The predicted octanol–water partition coefficient (Wildman–Crippen LogP) is 1.94. The average Bonchev–Trinajstić information content (AvgIpc) is 3.14. The molecule has 0 spiro atoms. The number of piperazine rings is 1. The van der Waals surface area contributed by atoms with E-state index in [-0.39, 0.29) is 18.0 Å². The van der Waals surface area contributed by atoms with Crippen LogP contribution in [-0.2, 0) is 4.74 Å². The molecule has 8 heteroatoms. The van der Waals surface area contributed by atoms with E-state index in [9.17, 15) is 9.59 Å². The fourth-order valence-corrected chi connectivity index (χ4v) is 2.93. The van der Waals surface area contributed by atoms with Gasteiger partial charge in [-0.05, 0) is 31.2 Å². The number of methoxy groups -OCH3 is 1. The van der Waals surface area contributed by atoms with Crippen LogP contribution in [-0.4, -0.2) is 59.9 Å². The van der Waals surface area contributed by atoms with E-state index in [1.165, 1.54) is 7.11 Å². The van der Waals surface area contributed by atoms with Crippen molar-refractivity contribution in [2.24, 2.45) is 0 Å². The van der Waals surface area contributed by atoms with Crippen molar-refractivity contribution >= 4 is 23.4 Å². The number of carbonyl (C=O) groups is 2. The van der Waals surface area contributed by atoms with Gasteiger partial charge in [-0.15, -0.1) is 0 Å². The molecule has 1 saturated heterocycles. The van der Waals surface area contributed by atoms with Crippen LogP contribution in [0.4, 0.5) is 16.2 Å². The van der Waals surface area contributed by atoms with Crippen molar-refractivity contribution in [3.8, 4) is 0 Å². The van der Waals surface area contributed by atoms with Crippen LogP contribution in [0.2, 0.25) is 0 Å². The SMILES string of the molecule is COC(=O)c1ccc(N2CCN(C(=O)Nc3cn[nH]c3)C(C)C2)cc1. The van der Waals surface area contributed by atoms with Crippen molar-refractivity contribution in [3.63, 3.8) is 0 Å². The number of esters is 1. The monoisotopic (exact) mass is 343 g/mol. The van der Waals surface area contributed by atoms with Crippen molar-refractivity contribution in [1.82, 2.24) is 15.1 Å². The largest absolute Gasteiger partial charge is 0.465 e. The van der Waals surface area contributed by atoms with Gasteiger partial charge in [-0.3, -0.25) is 5.10 Å². The van der Waals surface area contributed by atoms with Gasteiger partial charge in [0.05, 0.1) is 24.6 Å². The van der Waals surface area contributed by atoms with Gasteiger partial charge in [0.15, 0.2) is 0 Å². The van der Waals surface area contributed by atoms with E-state index in [4.69, 9.17) is 4.74 Å². The van der Waals surface area contributed by atoms with Gasteiger partial charge in [0.1, 0.15) is 0 Å². The molecule has 1 unspecified atom stereocenters. The first-order chi connectivity index (χ1) is 12.1. The third-order valence-electron chi connectivity index (χ3n) is 4.29. The molecule has 2 amide bonds. The molecular weight excluding hydrogens is 322 g/mol. The first-order valence-electron chi connectivity index (χ1n) is 8.08. The number of rotatable bonds is 3. The van der Waals surface area contributed by atoms with E-state index in [0.717, 1.165) is 18.8 Å². The molecule has 3 rings (SSSR count). The van der Waals surface area contributed by atoms with Gasteiger partial charge in [-0.25, -0.2) is 9.59 Å². The van der Waals surface area contributed by atoms with Crippen LogP contribution in [0.3, 0.4) is 0 Å². The maximum absolute atomic E-state index is 12.4. The summed E-state index contributed by atoms with van der Waals surface area (Å²) in [6, 6.07) is 7.24. The number of anilines is 2. The average molecular weight is 343 g/mol. The van der Waals surface area contributed by atoms with E-state index in [2.05, 4.69) is 20.4 Å². The van der Waals surface area contributed by atoms with Crippen molar-refractivity contribution in [2.45, 2.75) is 13.0 Å². The van der Waals surface area contributed by atoms with Crippen molar-refractivity contribution in [2.75, 3.05) is 37.0 Å². The molecule has 2 heterocycles. The van der Waals surface area contributed by atoms with Crippen LogP contribution < -0.4 is 10.2 Å². The smallest absolute Gasteiger partial charge is 0.337 e. The van der Waals surface area contributed by atoms with E-state index in [1.54, 1.807) is 24.5 Å². The Hall–Kier alpha value is -3.03. The third-order valence-corrected chi connectivity index (χ3v) is 4.29. The molecule has 8 nitrogen and oxygen atoms in total. The first-order valence-corrected chi connectivity index (χ1v) is 8.08. The Morgan fingerprint density at radius 3 is 2.64 bits per heavy atom.